The number of hydrogen-bond acceptors (Lipinski definition) is 4. The second kappa shape index (κ2) is 7.48. The van der Waals surface area contributed by atoms with E-state index in [1.165, 1.54) is 12.1 Å². The molecule has 0 bridgehead atoms. The van der Waals surface area contributed by atoms with Gasteiger partial charge in [0.25, 0.3) is 0 Å². The number of halogens is 1. The van der Waals surface area contributed by atoms with E-state index in [1.807, 2.05) is 28.8 Å². The number of fused-ring (bicyclic) bond motifs is 2. The maximum Gasteiger partial charge on any atom is 0.326 e. The third kappa shape index (κ3) is 3.46. The number of piperidine rings is 1. The molecule has 6 nitrogen and oxygen atoms in total. The zero-order valence-electron chi connectivity index (χ0n) is 16.1. The van der Waals surface area contributed by atoms with E-state index in [0.717, 1.165) is 67.4 Å². The molecule has 0 amide bonds. The molecule has 1 saturated heterocycles. The second-order valence-electron chi connectivity index (χ2n) is 7.76. The van der Waals surface area contributed by atoms with Gasteiger partial charge in [0.05, 0.1) is 16.7 Å². The summed E-state index contributed by atoms with van der Waals surface area (Å²) < 4.78 is 20.4. The van der Waals surface area contributed by atoms with Crippen molar-refractivity contribution in [2.24, 2.45) is 0 Å². The fourth-order valence-electron chi connectivity index (χ4n) is 4.45. The molecule has 1 aliphatic heterocycles. The average molecular weight is 394 g/mol. The van der Waals surface area contributed by atoms with Crippen molar-refractivity contribution in [2.75, 3.05) is 19.6 Å². The number of benzene rings is 2. The van der Waals surface area contributed by atoms with Gasteiger partial charge in [0.1, 0.15) is 5.82 Å². The summed E-state index contributed by atoms with van der Waals surface area (Å²) in [6, 6.07) is 12.7. The minimum Gasteiger partial charge on any atom is -0.356 e. The molecular weight excluding hydrogens is 371 g/mol. The van der Waals surface area contributed by atoms with Gasteiger partial charge < -0.3 is 14.4 Å². The Hall–Kier alpha value is -2.93. The monoisotopic (exact) mass is 394 g/mol. The van der Waals surface area contributed by atoms with Crippen molar-refractivity contribution in [1.82, 2.24) is 19.6 Å². The highest BCUT2D eigenvalue weighted by molar-refractivity contribution is 5.79. The van der Waals surface area contributed by atoms with Gasteiger partial charge in [-0.05, 0) is 56.5 Å². The first-order valence-electron chi connectivity index (χ1n) is 10.1. The van der Waals surface area contributed by atoms with E-state index in [-0.39, 0.29) is 17.5 Å². The lowest BCUT2D eigenvalue weighted by Crippen LogP contribution is -2.37. The smallest absolute Gasteiger partial charge is 0.326 e. The Balaban J connectivity index is 1.18. The van der Waals surface area contributed by atoms with Gasteiger partial charge in [-0.25, -0.2) is 9.18 Å². The first-order valence-corrected chi connectivity index (χ1v) is 10.1. The first kappa shape index (κ1) is 18.1. The number of aromatic amines is 1. The maximum atomic E-state index is 13.3. The van der Waals surface area contributed by atoms with Crippen LogP contribution in [-0.4, -0.2) is 39.2 Å². The summed E-state index contributed by atoms with van der Waals surface area (Å²) in [7, 11) is 0. The number of nitrogens with zero attached hydrogens (tertiary/aromatic N) is 3. The number of imidazole rings is 1. The fraction of sp³-hybridized carbons (Fsp3) is 0.364. The molecule has 1 aliphatic rings. The van der Waals surface area contributed by atoms with Crippen LogP contribution in [0.1, 0.15) is 31.0 Å². The Morgan fingerprint density at radius 1 is 1.17 bits per heavy atom. The molecule has 2 aromatic carbocycles. The molecule has 0 unspecified atom stereocenters. The summed E-state index contributed by atoms with van der Waals surface area (Å²) in [6.45, 7) is 2.92. The number of rotatable bonds is 5. The van der Waals surface area contributed by atoms with Crippen LogP contribution < -0.4 is 5.69 Å². The highest BCUT2D eigenvalue weighted by Crippen LogP contribution is 2.25. The van der Waals surface area contributed by atoms with Gasteiger partial charge in [-0.15, -0.1) is 0 Å². The van der Waals surface area contributed by atoms with Crippen LogP contribution in [0.25, 0.3) is 22.0 Å². The molecule has 150 valence electrons. The van der Waals surface area contributed by atoms with Crippen molar-refractivity contribution in [1.29, 1.82) is 0 Å². The molecule has 4 aromatic rings. The zero-order chi connectivity index (χ0) is 19.8. The van der Waals surface area contributed by atoms with E-state index in [1.54, 1.807) is 6.07 Å². The van der Waals surface area contributed by atoms with Crippen molar-refractivity contribution < 1.29 is 8.91 Å². The summed E-state index contributed by atoms with van der Waals surface area (Å²) in [6.07, 6.45) is 3.71. The van der Waals surface area contributed by atoms with Crippen LogP contribution in [0.3, 0.4) is 0 Å². The first-order chi connectivity index (χ1) is 14.2. The average Bonchev–Trinajstić information content (AvgIpc) is 3.28. The van der Waals surface area contributed by atoms with Gasteiger partial charge in [-0.2, -0.15) is 0 Å². The van der Waals surface area contributed by atoms with Gasteiger partial charge in [0.2, 0.25) is 0 Å². The molecule has 7 heteroatoms. The second-order valence-corrected chi connectivity index (χ2v) is 7.76. The lowest BCUT2D eigenvalue weighted by molar-refractivity contribution is 0.185. The minimum atomic E-state index is -0.308. The van der Waals surface area contributed by atoms with Gasteiger partial charge in [-0.1, -0.05) is 17.3 Å². The molecular formula is C22H23FN4O2. The van der Waals surface area contributed by atoms with Crippen molar-refractivity contribution in [2.45, 2.75) is 31.7 Å². The van der Waals surface area contributed by atoms with Crippen molar-refractivity contribution in [3.05, 3.63) is 64.5 Å². The predicted octanol–water partition coefficient (Wildman–Crippen LogP) is 3.88. The van der Waals surface area contributed by atoms with E-state index in [0.29, 0.717) is 5.58 Å². The largest absolute Gasteiger partial charge is 0.356 e. The third-order valence-corrected chi connectivity index (χ3v) is 5.94. The highest BCUT2D eigenvalue weighted by atomic mass is 19.1. The van der Waals surface area contributed by atoms with E-state index < -0.39 is 0 Å². The van der Waals surface area contributed by atoms with Crippen LogP contribution >= 0.6 is 0 Å². The van der Waals surface area contributed by atoms with E-state index >= 15 is 0 Å². The van der Waals surface area contributed by atoms with Gasteiger partial charge >= 0.3 is 5.69 Å². The molecule has 29 heavy (non-hydrogen) atoms. The number of nitrogens with one attached hydrogen (secondary N) is 1. The van der Waals surface area contributed by atoms with Gasteiger partial charge in [-0.3, -0.25) is 4.57 Å². The Morgan fingerprint density at radius 3 is 2.86 bits per heavy atom. The van der Waals surface area contributed by atoms with Crippen molar-refractivity contribution in [3.8, 4) is 0 Å². The third-order valence-electron chi connectivity index (χ3n) is 5.94. The van der Waals surface area contributed by atoms with Crippen LogP contribution in [0.4, 0.5) is 4.39 Å². The molecule has 1 fully saturated rings. The summed E-state index contributed by atoms with van der Waals surface area (Å²) in [5, 5.41) is 4.99. The Bertz CT molecular complexity index is 1200. The maximum absolute atomic E-state index is 13.3. The molecule has 0 saturated carbocycles. The van der Waals surface area contributed by atoms with E-state index in [9.17, 15) is 9.18 Å². The topological polar surface area (TPSA) is 67.1 Å². The van der Waals surface area contributed by atoms with Crippen LogP contribution in [0, 0.1) is 5.82 Å². The summed E-state index contributed by atoms with van der Waals surface area (Å²) in [5.41, 5.74) is 3.27. The minimum absolute atomic E-state index is 0.0148. The van der Waals surface area contributed by atoms with Gasteiger partial charge in [0.15, 0.2) is 5.58 Å². The lowest BCUT2D eigenvalue weighted by atomic mass is 10.0. The lowest BCUT2D eigenvalue weighted by Gasteiger charge is -2.32. The number of likely N-dealkylation sites (tertiary alicyclic amines) is 1. The SMILES string of the molecule is O=c1[nH]c2ccccc2n1C1CCN(CCCc2noc3cc(F)ccc23)CC1. The molecule has 1 N–H and O–H groups in total. The number of H-pyrrole nitrogens is 1. The molecule has 0 spiro atoms. The zero-order valence-corrected chi connectivity index (χ0v) is 16.1. The molecule has 2 aromatic heterocycles. The molecule has 5 rings (SSSR count). The number of aryl methyl sites for hydroxylation is 1. The van der Waals surface area contributed by atoms with Gasteiger partial charge in [0, 0.05) is 30.6 Å². The van der Waals surface area contributed by atoms with Crippen molar-refractivity contribution in [3.63, 3.8) is 0 Å². The summed E-state index contributed by atoms with van der Waals surface area (Å²) in [5.74, 6) is -0.308. The van der Waals surface area contributed by atoms with Crippen LogP contribution in [0.5, 0.6) is 0 Å². The van der Waals surface area contributed by atoms with Crippen LogP contribution in [-0.2, 0) is 6.42 Å². The van der Waals surface area contributed by atoms with Crippen LogP contribution in [0.15, 0.2) is 51.8 Å². The number of hydrogen-bond donors (Lipinski definition) is 1. The normalized spacial score (nSPS) is 16.2. The van der Waals surface area contributed by atoms with Crippen molar-refractivity contribution >= 4 is 22.0 Å². The fourth-order valence-corrected chi connectivity index (χ4v) is 4.45. The highest BCUT2D eigenvalue weighted by Gasteiger charge is 2.23. The Morgan fingerprint density at radius 2 is 2.00 bits per heavy atom. The standard InChI is InChI=1S/C22H23FN4O2/c23-15-7-8-17-18(25-29-21(17)14-15)5-3-11-26-12-9-16(10-13-26)27-20-6-2-1-4-19(20)24-22(27)28/h1-2,4,6-8,14,16H,3,5,9-13H2,(H,24,28). The summed E-state index contributed by atoms with van der Waals surface area (Å²) >= 11 is 0. The molecule has 0 aliphatic carbocycles. The quantitative estimate of drug-likeness (QED) is 0.558. The van der Waals surface area contributed by atoms with Crippen LogP contribution in [0.2, 0.25) is 0 Å². The van der Waals surface area contributed by atoms with E-state index in [2.05, 4.69) is 15.0 Å². The number of aromatic nitrogens is 3. The predicted molar refractivity (Wildman–Crippen MR) is 110 cm³/mol. The number of para-hydroxylation sites is 2. The molecule has 3 heterocycles. The Labute approximate surface area is 166 Å². The van der Waals surface area contributed by atoms with E-state index in [4.69, 9.17) is 4.52 Å². The summed E-state index contributed by atoms with van der Waals surface area (Å²) in [4.78, 5) is 17.8. The molecule has 0 atom stereocenters. The molecule has 0 radical (unpaired) electrons. The Kier molecular flexibility index (Phi) is 4.67.